The molecule has 1 saturated heterocycles. The number of esters is 1. The van der Waals surface area contributed by atoms with Gasteiger partial charge in [-0.25, -0.2) is 14.8 Å². The number of ether oxygens (including phenoxy) is 1. The van der Waals surface area contributed by atoms with Crippen LogP contribution in [0.4, 0.5) is 5.82 Å². The number of carbonyl (C=O) groups excluding carboxylic acids is 2. The van der Waals surface area contributed by atoms with Gasteiger partial charge in [0.15, 0.2) is 0 Å². The molecule has 9 heteroatoms. The molecule has 198 valence electrons. The molecular formula is C27H41N5O3S. The van der Waals surface area contributed by atoms with Crippen LogP contribution in [0, 0.1) is 5.92 Å². The van der Waals surface area contributed by atoms with Crippen LogP contribution in [0.1, 0.15) is 77.4 Å². The summed E-state index contributed by atoms with van der Waals surface area (Å²) < 4.78 is 7.65. The molecule has 2 atom stereocenters. The van der Waals surface area contributed by atoms with Crippen LogP contribution in [0.15, 0.2) is 42.2 Å². The maximum absolute atomic E-state index is 13.3. The van der Waals surface area contributed by atoms with E-state index < -0.39 is 12.0 Å². The highest BCUT2D eigenvalue weighted by Gasteiger charge is 2.39. The molecule has 1 aromatic rings. The van der Waals surface area contributed by atoms with Crippen LogP contribution in [0.25, 0.3) is 0 Å². The molecule has 1 aliphatic heterocycles. The second kappa shape index (κ2) is 12.0. The number of anilines is 1. The average Bonchev–Trinajstić information content (AvgIpc) is 3.09. The number of carbonyl (C=O) groups is 2. The Morgan fingerprint density at radius 3 is 2.56 bits per heavy atom. The van der Waals surface area contributed by atoms with E-state index in [2.05, 4.69) is 74.6 Å². The van der Waals surface area contributed by atoms with Crippen LogP contribution in [0.5, 0.6) is 0 Å². The quantitative estimate of drug-likeness (QED) is 0.218. The summed E-state index contributed by atoms with van der Waals surface area (Å²) in [5.41, 5.74) is 1.18. The Kier molecular flexibility index (Phi) is 9.77. The fourth-order valence-electron chi connectivity index (χ4n) is 4.31. The maximum Gasteiger partial charge on any atom is 0.328 e. The lowest BCUT2D eigenvalue weighted by molar-refractivity contribution is -0.143. The first-order valence-corrected chi connectivity index (χ1v) is 13.1. The van der Waals surface area contributed by atoms with E-state index >= 15 is 0 Å². The number of hydrogen-bond acceptors (Lipinski definition) is 8. The van der Waals surface area contributed by atoms with Crippen molar-refractivity contribution in [3.05, 3.63) is 48.4 Å². The topological polar surface area (TPSA) is 95.9 Å². The molecule has 0 aromatic carbocycles. The Morgan fingerprint density at radius 1 is 1.39 bits per heavy atom. The van der Waals surface area contributed by atoms with Gasteiger partial charge in [0.1, 0.15) is 22.7 Å². The van der Waals surface area contributed by atoms with Gasteiger partial charge in [-0.3, -0.25) is 9.52 Å². The summed E-state index contributed by atoms with van der Waals surface area (Å²) in [4.78, 5) is 36.8. The van der Waals surface area contributed by atoms with Crippen LogP contribution in [-0.4, -0.2) is 47.1 Å². The number of rotatable bonds is 8. The molecule has 2 rings (SSSR count). The van der Waals surface area contributed by atoms with Gasteiger partial charge in [-0.2, -0.15) is 0 Å². The number of hydrogen-bond donors (Lipinski definition) is 2. The van der Waals surface area contributed by atoms with Gasteiger partial charge in [0.05, 0.1) is 12.7 Å². The fourth-order valence-corrected chi connectivity index (χ4v) is 4.85. The van der Waals surface area contributed by atoms with Gasteiger partial charge in [0, 0.05) is 35.1 Å². The van der Waals surface area contributed by atoms with E-state index in [0.717, 1.165) is 30.6 Å². The fraction of sp³-hybridized carbons (Fsp3) is 0.556. The summed E-state index contributed by atoms with van der Waals surface area (Å²) in [6.07, 6.45) is 3.06. The van der Waals surface area contributed by atoms with Crippen LogP contribution in [0.2, 0.25) is 0 Å². The number of methoxy groups -OCH3 is 1. The van der Waals surface area contributed by atoms with Crippen molar-refractivity contribution in [1.82, 2.24) is 15.0 Å². The molecule has 2 unspecified atom stereocenters. The summed E-state index contributed by atoms with van der Waals surface area (Å²) in [6, 6.07) is 3.21. The van der Waals surface area contributed by atoms with Crippen molar-refractivity contribution in [2.45, 2.75) is 78.3 Å². The molecular weight excluding hydrogens is 474 g/mol. The molecule has 8 nitrogen and oxygen atoms in total. The van der Waals surface area contributed by atoms with Gasteiger partial charge in [-0.1, -0.05) is 47.8 Å². The molecule has 0 saturated carbocycles. The zero-order valence-electron chi connectivity index (χ0n) is 22.9. The summed E-state index contributed by atoms with van der Waals surface area (Å²) in [5.74, 6) is 0.802. The Morgan fingerprint density at radius 2 is 2.06 bits per heavy atom. The van der Waals surface area contributed by atoms with Crippen molar-refractivity contribution in [1.29, 1.82) is 0 Å². The van der Waals surface area contributed by atoms with Gasteiger partial charge in [-0.05, 0) is 50.8 Å². The number of pyridine rings is 1. The van der Waals surface area contributed by atoms with E-state index in [1.165, 1.54) is 13.2 Å². The highest BCUT2D eigenvalue weighted by molar-refractivity contribution is 8.13. The van der Waals surface area contributed by atoms with Crippen LogP contribution in [0.3, 0.4) is 0 Å². The van der Waals surface area contributed by atoms with E-state index in [4.69, 9.17) is 9.72 Å². The van der Waals surface area contributed by atoms with Crippen molar-refractivity contribution in [2.24, 2.45) is 10.9 Å². The van der Waals surface area contributed by atoms with Gasteiger partial charge in [0.2, 0.25) is 0 Å². The number of amides is 1. The molecule has 0 bridgehead atoms. The Labute approximate surface area is 220 Å². The number of aliphatic imine (C=N–C) groups is 1. The van der Waals surface area contributed by atoms with Crippen LogP contribution in [-0.2, 0) is 14.9 Å². The third-order valence-corrected chi connectivity index (χ3v) is 6.87. The van der Waals surface area contributed by atoms with Gasteiger partial charge in [-0.15, -0.1) is 0 Å². The molecule has 36 heavy (non-hydrogen) atoms. The summed E-state index contributed by atoms with van der Waals surface area (Å²) in [6.45, 7) is 23.3. The largest absolute Gasteiger partial charge is 0.467 e. The second-order valence-corrected chi connectivity index (χ2v) is 11.6. The van der Waals surface area contributed by atoms with Crippen molar-refractivity contribution in [3.63, 3.8) is 0 Å². The molecule has 0 aliphatic carbocycles. The minimum atomic E-state index is -0.557. The number of nitrogens with zero attached hydrogens (tertiary/aromatic N) is 3. The molecule has 1 aromatic heterocycles. The molecule has 1 amide bonds. The van der Waals surface area contributed by atoms with Gasteiger partial charge >= 0.3 is 5.97 Å². The third-order valence-electron chi connectivity index (χ3n) is 6.12. The minimum absolute atomic E-state index is 0.113. The predicted octanol–water partition coefficient (Wildman–Crippen LogP) is 4.98. The molecule has 2 N–H and O–H groups in total. The normalized spacial score (nSPS) is 18.4. The maximum atomic E-state index is 13.3. The molecule has 0 spiro atoms. The summed E-state index contributed by atoms with van der Waals surface area (Å²) >= 11 is 1.03. The lowest BCUT2D eigenvalue weighted by Crippen LogP contribution is -2.40. The first-order chi connectivity index (χ1) is 16.7. The smallest absolute Gasteiger partial charge is 0.328 e. The lowest BCUT2D eigenvalue weighted by Gasteiger charge is -2.34. The number of aromatic nitrogens is 1. The van der Waals surface area contributed by atoms with Crippen molar-refractivity contribution in [3.8, 4) is 0 Å². The molecule has 0 radical (unpaired) electrons. The zero-order valence-corrected chi connectivity index (χ0v) is 23.7. The SMILES string of the molecule is C=C/C(=N\C(=C)NC(CC)C(=O)OC)SNC(=O)c1ccc(C(C)(C)C)nc1N1CC(C)CC1(C)C. The Hall–Kier alpha value is -2.81. The highest BCUT2D eigenvalue weighted by atomic mass is 32.2. The van der Waals surface area contributed by atoms with Crippen molar-refractivity contribution >= 4 is 34.7 Å². The first-order valence-electron chi connectivity index (χ1n) is 12.2. The highest BCUT2D eigenvalue weighted by Crippen LogP contribution is 2.38. The third kappa shape index (κ3) is 7.35. The average molecular weight is 516 g/mol. The van der Waals surface area contributed by atoms with Crippen molar-refractivity contribution in [2.75, 3.05) is 18.6 Å². The molecule has 2 heterocycles. The van der Waals surface area contributed by atoms with E-state index in [1.807, 2.05) is 19.1 Å². The van der Waals surface area contributed by atoms with Crippen LogP contribution < -0.4 is 14.9 Å². The summed E-state index contributed by atoms with van der Waals surface area (Å²) in [7, 11) is 1.33. The first kappa shape index (κ1) is 29.4. The van der Waals surface area contributed by atoms with E-state index in [-0.39, 0.29) is 22.7 Å². The van der Waals surface area contributed by atoms with E-state index in [0.29, 0.717) is 28.8 Å². The van der Waals surface area contributed by atoms with Crippen molar-refractivity contribution < 1.29 is 14.3 Å². The molecule has 1 fully saturated rings. The molecule has 1 aliphatic rings. The minimum Gasteiger partial charge on any atom is -0.467 e. The Bertz CT molecular complexity index is 1030. The Balaban J connectivity index is 2.27. The monoisotopic (exact) mass is 515 g/mol. The van der Waals surface area contributed by atoms with Gasteiger partial charge in [0.25, 0.3) is 5.91 Å². The number of nitrogens with one attached hydrogen (secondary N) is 2. The zero-order chi connectivity index (χ0) is 27.3. The summed E-state index contributed by atoms with van der Waals surface area (Å²) in [5, 5.41) is 3.36. The van der Waals surface area contributed by atoms with E-state index in [1.54, 1.807) is 0 Å². The lowest BCUT2D eigenvalue weighted by atomic mass is 9.91. The van der Waals surface area contributed by atoms with Gasteiger partial charge < -0.3 is 15.0 Å². The standard InChI is InChI=1S/C27H41N5O3S/c1-11-20(25(34)35-10)28-18(4)29-22(12-2)36-31-24(33)19-13-14-21(26(5,6)7)30-23(19)32-16-17(3)15-27(32,8)9/h12-14,17,20,28H,2,4,11,15-16H2,1,3,5-10H3,(H,31,33)/b29-22+. The van der Waals surface area contributed by atoms with E-state index in [9.17, 15) is 9.59 Å². The van der Waals surface area contributed by atoms with Crippen LogP contribution >= 0.6 is 11.9 Å². The predicted molar refractivity (Wildman–Crippen MR) is 149 cm³/mol. The second-order valence-electron chi connectivity index (χ2n) is 10.8.